The van der Waals surface area contributed by atoms with Gasteiger partial charge >= 0.3 is 53.9 Å². The van der Waals surface area contributed by atoms with Gasteiger partial charge in [0.15, 0.2) is 11.4 Å². The minimum Gasteiger partial charge on any atom is -0.508 e. The molecule has 6 aromatic rings. The lowest BCUT2D eigenvalue weighted by molar-refractivity contribution is -0.346. The van der Waals surface area contributed by atoms with Gasteiger partial charge in [-0.3, -0.25) is 47.8 Å². The second-order valence-electron chi connectivity index (χ2n) is 37.2. The van der Waals surface area contributed by atoms with Crippen LogP contribution in [0, 0.1) is 16.7 Å². The minimum absolute atomic E-state index is 0.00499. The summed E-state index contributed by atoms with van der Waals surface area (Å²) in [5.74, 6) is -13.6. The number of carbonyl (C=O) groups is 15. The molecule has 40 heteroatoms. The van der Waals surface area contributed by atoms with Crippen LogP contribution in [0.1, 0.15) is 202 Å². The van der Waals surface area contributed by atoms with E-state index in [4.69, 9.17) is 45.1 Å². The Morgan fingerprint density at radius 1 is 0.655 bits per heavy atom. The number of alkyl carbamates (subject to hydrolysis) is 1. The number of carbonyl (C=O) groups excluding carboxylic acids is 12. The van der Waals surface area contributed by atoms with E-state index in [1.807, 2.05) is 0 Å². The number of Topliss-reactive ketones (excluding diaryl/α,β-unsaturated/α-hetero) is 1. The number of carboxylic acids is 3. The van der Waals surface area contributed by atoms with Crippen molar-refractivity contribution in [2.45, 2.75) is 274 Å². The molecule has 750 valence electrons. The number of amides is 8. The smallest absolute Gasteiger partial charge is 0.408 e. The highest BCUT2D eigenvalue weighted by Gasteiger charge is 2.78. The number of esters is 4. The van der Waals surface area contributed by atoms with Gasteiger partial charge in [-0.1, -0.05) is 140 Å². The minimum atomic E-state index is -2.53. The van der Waals surface area contributed by atoms with Crippen LogP contribution >= 0.6 is 11.6 Å². The number of aliphatic hydroxyl groups excluding tert-OH is 2. The lowest BCUT2D eigenvalue weighted by Crippen LogP contribution is -2.81. The van der Waals surface area contributed by atoms with Gasteiger partial charge in [-0.15, -0.1) is 5.10 Å². The van der Waals surface area contributed by atoms with Crippen molar-refractivity contribution in [1.82, 2.24) is 57.1 Å². The number of nitrogens with one attached hydrogen (secondary N) is 7. The first-order chi connectivity index (χ1) is 65.9. The van der Waals surface area contributed by atoms with Crippen molar-refractivity contribution in [3.63, 3.8) is 0 Å². The highest BCUT2D eigenvalue weighted by atomic mass is 35.5. The molecule has 10 rings (SSSR count). The number of urea groups is 1. The van der Waals surface area contributed by atoms with E-state index in [1.54, 1.807) is 147 Å². The van der Waals surface area contributed by atoms with Gasteiger partial charge in [0, 0.05) is 114 Å². The maximum absolute atomic E-state index is 15.6. The van der Waals surface area contributed by atoms with Crippen molar-refractivity contribution < 1.29 is 136 Å². The van der Waals surface area contributed by atoms with Gasteiger partial charge in [-0.2, -0.15) is 0 Å². The molecule has 2 bridgehead atoms. The van der Waals surface area contributed by atoms with Crippen LogP contribution in [0.3, 0.4) is 0 Å². The van der Waals surface area contributed by atoms with Crippen LogP contribution in [0.2, 0.25) is 5.02 Å². The van der Waals surface area contributed by atoms with Gasteiger partial charge in [0.2, 0.25) is 35.6 Å². The third-order valence-corrected chi connectivity index (χ3v) is 25.9. The van der Waals surface area contributed by atoms with E-state index in [2.05, 4.69) is 47.5 Å². The number of aryl methyl sites for hydroxylation is 2. The predicted molar refractivity (Wildman–Crippen MR) is 497 cm³/mol. The number of fused-ring (bicyclic) bond motifs is 5. The molecular weight excluding hydrogens is 1830 g/mol. The summed E-state index contributed by atoms with van der Waals surface area (Å²) in [6, 6.07) is 29.2. The molecule has 3 fully saturated rings. The van der Waals surface area contributed by atoms with Gasteiger partial charge in [0.1, 0.15) is 71.6 Å². The maximum Gasteiger partial charge on any atom is 0.408 e. The number of ketones is 1. The van der Waals surface area contributed by atoms with E-state index < -0.39 is 203 Å². The Kier molecular flexibility index (Phi) is 37.9. The van der Waals surface area contributed by atoms with Crippen LogP contribution in [-0.4, -0.2) is 249 Å². The first-order valence-corrected chi connectivity index (χ1v) is 46.7. The van der Waals surface area contributed by atoms with Crippen molar-refractivity contribution in [3.8, 4) is 5.75 Å². The number of ether oxygens (including phenoxy) is 6. The molecule has 8 amide bonds. The number of hydrogen-bond acceptors (Lipinski definition) is 27. The number of halogens is 1. The van der Waals surface area contributed by atoms with Crippen molar-refractivity contribution in [2.24, 2.45) is 16.7 Å². The Hall–Kier alpha value is -13.2. The monoisotopic (exact) mass is 1950 g/mol. The van der Waals surface area contributed by atoms with E-state index in [0.717, 1.165) is 12.5 Å². The fourth-order valence-corrected chi connectivity index (χ4v) is 18.5. The topological polar surface area (TPSA) is 571 Å². The molecule has 4 aliphatic rings. The van der Waals surface area contributed by atoms with E-state index in [9.17, 15) is 93.0 Å². The molecule has 39 nitrogen and oxygen atoms in total. The second kappa shape index (κ2) is 48.9. The molecule has 14 N–H and O–H groups in total. The third kappa shape index (κ3) is 29.0. The zero-order valence-electron chi connectivity index (χ0n) is 78.8. The third-order valence-electron chi connectivity index (χ3n) is 25.6. The quantitative estimate of drug-likeness (QED) is 0.00762. The summed E-state index contributed by atoms with van der Waals surface area (Å²) in [4.78, 5) is 206. The van der Waals surface area contributed by atoms with Crippen LogP contribution < -0.4 is 37.2 Å². The molecule has 0 spiro atoms. The molecule has 2 saturated carbocycles. The first-order valence-electron chi connectivity index (χ1n) is 46.4. The Balaban J connectivity index is 0.739. The summed E-state index contributed by atoms with van der Waals surface area (Å²) in [6.07, 6.45) is -10.5. The molecule has 0 radical (unpaired) electrons. The number of carboxylic acid groups (broad SMARTS) is 3. The van der Waals surface area contributed by atoms with Crippen LogP contribution in [0.4, 0.5) is 9.59 Å². The number of phenolic OH excluding ortho intramolecular Hbond substituents is 1. The normalized spacial score (nSPS) is 21.4. The Bertz CT molecular complexity index is 5390. The lowest BCUT2D eigenvalue weighted by Gasteiger charge is -2.67. The molecule has 1 aliphatic heterocycles. The second-order valence-corrected chi connectivity index (χ2v) is 37.6. The molecule has 15 atom stereocenters. The van der Waals surface area contributed by atoms with Crippen LogP contribution in [0.25, 0.3) is 0 Å². The molecule has 3 aliphatic carbocycles. The zero-order chi connectivity index (χ0) is 101. The SMILES string of the molecule is CC(=O)O[C@@]12CO[C@@H]1C[C@H](O)[C@@]1(C)C(=O)[C@H](O)C3=C(C)[C@@H](OC(=O)[C@H](OC(=O)CCCc4cn(CCCNC(=O)[C@H](Cc5ccc(O)cc5)NC(=O)[C@H](Cc5ccccc5)NC(=O)CCC(=O)NCCCCCC(=O)N(CCCC[C@H](NC(=O)N[C@@H](CCC(=O)O)C(=O)O)C(=O)O)Cc5cccc(Cl)c5)nn4)[C@@H](NC(=O)OC(C)(C)C)c4ccccc4)C[C@@](O)([C@@H](OC(=O)c4ccccc4)[C@H]21)C3(C)C. The van der Waals surface area contributed by atoms with E-state index in [0.29, 0.717) is 47.5 Å². The largest absolute Gasteiger partial charge is 0.508 e. The van der Waals surface area contributed by atoms with Crippen molar-refractivity contribution in [3.05, 3.63) is 195 Å². The van der Waals surface area contributed by atoms with Gasteiger partial charge in [-0.05, 0) is 162 Å². The number of aromatic hydroxyl groups is 1. The fraction of sp³-hybridized carbons (Fsp3) is 0.505. The Labute approximate surface area is 808 Å². The number of aromatic nitrogens is 3. The van der Waals surface area contributed by atoms with Gasteiger partial charge in [0.25, 0.3) is 0 Å². The number of phenols is 1. The molecule has 139 heavy (non-hydrogen) atoms. The summed E-state index contributed by atoms with van der Waals surface area (Å²) in [7, 11) is 0. The number of nitrogens with zero attached hydrogens (tertiary/aromatic N) is 4. The van der Waals surface area contributed by atoms with Crippen molar-refractivity contribution in [2.75, 3.05) is 26.2 Å². The zero-order valence-corrected chi connectivity index (χ0v) is 79.6. The van der Waals surface area contributed by atoms with Crippen molar-refractivity contribution in [1.29, 1.82) is 0 Å². The Morgan fingerprint density at radius 2 is 1.28 bits per heavy atom. The molecule has 5 aromatic carbocycles. The van der Waals surface area contributed by atoms with Gasteiger partial charge in [0.05, 0.1) is 35.3 Å². The number of unbranched alkanes of at least 4 members (excludes halogenated alkanes) is 3. The average molecular weight is 1950 g/mol. The summed E-state index contributed by atoms with van der Waals surface area (Å²) in [5, 5.41) is 104. The molecule has 0 unspecified atom stereocenters. The maximum atomic E-state index is 15.6. The Morgan fingerprint density at radius 3 is 1.91 bits per heavy atom. The number of hydrogen-bond donors (Lipinski definition) is 14. The van der Waals surface area contributed by atoms with Gasteiger partial charge in [-0.25, -0.2) is 28.8 Å². The standard InChI is InChI=1S/C99H124ClN11O28/c1-58-72(54-99(133)86(137-91(129)64-31-17-11-18-32-64)84-97(8,85(122)82(121)80(58)96(99,6)7)73(114)53-74-98(84,57-134-74)138-59(2)112)135-92(130)83(81(63-29-15-10-16-30-63)107-94(132)139-95(3,4)5)136-79(120)37-24-34-66-56-111(109-108-66)49-25-47-102-87(123)70(52-61-38-40-67(113)41-39-61)104-88(124)71(51-60-26-13-9-14-27-60)103-76(116)44-43-75(115)101-46-21-12-19-36-77(117)110(55-62-28-23-33-65(100)50-62)48-22-20-35-68(89(125)126)105-93(131)106-69(90(127)128)42-45-78(118)119/h9-11,13-18,23,26-33,38-41,50,56,68-74,81-84,86,113-114,121,133H,12,19-22,24-25,34-37,42-49,51-55,57H2,1-8H3,(H,101,115)(H,102,123)(H,103,116)(H,104,124)(H,107,132)(H,118,119)(H,125,126)(H,127,128)(H2,105,106,131)/t68-,69-,70-,71-,72-,73-,74+,81-,82+,83+,84-,86-,97+,98-,99+/m0/s1. The summed E-state index contributed by atoms with van der Waals surface area (Å²) >= 11 is 6.26. The molecule has 1 aromatic heterocycles. The summed E-state index contributed by atoms with van der Waals surface area (Å²) in [6.45, 7) is 12.2. The molecule has 2 heterocycles. The van der Waals surface area contributed by atoms with Crippen LogP contribution in [0.15, 0.2) is 157 Å². The lowest BCUT2D eigenvalue weighted by atomic mass is 9.44. The fourth-order valence-electron chi connectivity index (χ4n) is 18.3. The first kappa shape index (κ1) is 108. The van der Waals surface area contributed by atoms with Crippen LogP contribution in [-0.2, 0) is 118 Å². The van der Waals surface area contributed by atoms with E-state index in [1.165, 1.54) is 56.6 Å². The number of rotatable bonds is 48. The van der Waals surface area contributed by atoms with Crippen molar-refractivity contribution >= 4 is 101 Å². The van der Waals surface area contributed by atoms with E-state index in [-0.39, 0.29) is 150 Å². The molecular formula is C99H124ClN11O28. The molecule has 1 saturated heterocycles. The average Bonchev–Trinajstić information content (AvgIpc) is 0.775. The summed E-state index contributed by atoms with van der Waals surface area (Å²) in [5.41, 5.74) is -6.93. The number of benzene rings is 5. The number of aliphatic carboxylic acids is 3. The van der Waals surface area contributed by atoms with Gasteiger partial charge < -0.3 is 106 Å². The summed E-state index contributed by atoms with van der Waals surface area (Å²) < 4.78 is 38.3. The van der Waals surface area contributed by atoms with E-state index >= 15 is 9.59 Å². The predicted octanol–water partition coefficient (Wildman–Crippen LogP) is 7.47. The highest BCUT2D eigenvalue weighted by molar-refractivity contribution is 6.30. The number of aliphatic hydroxyl groups is 3. The highest BCUT2D eigenvalue weighted by Crippen LogP contribution is 2.64. The van der Waals surface area contributed by atoms with Crippen LogP contribution in [0.5, 0.6) is 5.75 Å².